The van der Waals surface area contributed by atoms with E-state index in [1.54, 1.807) is 6.20 Å². The molecule has 4 heteroatoms. The van der Waals surface area contributed by atoms with Crippen molar-refractivity contribution in [3.8, 4) is 0 Å². The second-order valence-electron chi connectivity index (χ2n) is 6.38. The molecule has 2 aliphatic heterocycles. The number of pyridine rings is 1. The summed E-state index contributed by atoms with van der Waals surface area (Å²) in [4.78, 5) is 8.95. The van der Waals surface area contributed by atoms with Gasteiger partial charge in [-0.1, -0.05) is 12.5 Å². The Labute approximate surface area is 121 Å². The molecule has 0 unspecified atom stereocenters. The molecule has 2 aliphatic rings. The lowest BCUT2D eigenvalue weighted by Crippen LogP contribution is -2.46. The lowest BCUT2D eigenvalue weighted by Gasteiger charge is -2.33. The van der Waals surface area contributed by atoms with Crippen LogP contribution in [-0.4, -0.2) is 58.2 Å². The lowest BCUT2D eigenvalue weighted by atomic mass is 10.0. The number of hydrogen-bond donors (Lipinski definition) is 1. The van der Waals surface area contributed by atoms with Gasteiger partial charge in [0.05, 0.1) is 5.60 Å². The predicted molar refractivity (Wildman–Crippen MR) is 79.4 cm³/mol. The highest BCUT2D eigenvalue weighted by atomic mass is 16.3. The summed E-state index contributed by atoms with van der Waals surface area (Å²) in [5.74, 6) is 0. The summed E-state index contributed by atoms with van der Waals surface area (Å²) in [5, 5.41) is 10.8. The Kier molecular flexibility index (Phi) is 4.34. The van der Waals surface area contributed by atoms with Gasteiger partial charge in [-0.2, -0.15) is 0 Å². The maximum Gasteiger partial charge on any atom is 0.0912 e. The van der Waals surface area contributed by atoms with Crippen LogP contribution in [0.5, 0.6) is 0 Å². The molecule has 1 atom stereocenters. The van der Waals surface area contributed by atoms with E-state index in [1.807, 2.05) is 12.3 Å². The molecule has 0 radical (unpaired) electrons. The number of rotatable bonds is 4. The van der Waals surface area contributed by atoms with Crippen LogP contribution in [0.15, 0.2) is 24.5 Å². The summed E-state index contributed by atoms with van der Waals surface area (Å²) in [6.45, 7) is 5.83. The minimum absolute atomic E-state index is 0.514. The van der Waals surface area contributed by atoms with E-state index in [9.17, 15) is 5.11 Å². The van der Waals surface area contributed by atoms with Gasteiger partial charge in [0.2, 0.25) is 0 Å². The quantitative estimate of drug-likeness (QED) is 0.904. The molecular formula is C16H25N3O. The molecule has 1 aromatic heterocycles. The summed E-state index contributed by atoms with van der Waals surface area (Å²) < 4.78 is 0. The van der Waals surface area contributed by atoms with Crippen molar-refractivity contribution >= 4 is 0 Å². The molecule has 1 aromatic rings. The van der Waals surface area contributed by atoms with Gasteiger partial charge >= 0.3 is 0 Å². The van der Waals surface area contributed by atoms with Gasteiger partial charge in [0, 0.05) is 38.6 Å². The van der Waals surface area contributed by atoms with Gasteiger partial charge in [0.25, 0.3) is 0 Å². The highest BCUT2D eigenvalue weighted by Crippen LogP contribution is 2.25. The van der Waals surface area contributed by atoms with Crippen LogP contribution in [0.3, 0.4) is 0 Å². The maximum absolute atomic E-state index is 10.8. The van der Waals surface area contributed by atoms with Crippen molar-refractivity contribution in [2.24, 2.45) is 0 Å². The van der Waals surface area contributed by atoms with Crippen LogP contribution in [-0.2, 0) is 6.54 Å². The van der Waals surface area contributed by atoms with Crippen LogP contribution in [0.1, 0.15) is 31.2 Å². The number of hydrogen-bond acceptors (Lipinski definition) is 4. The SMILES string of the molecule is O[C@]1(CN2CCCCC2)CCN(Cc2cccnc2)C1. The van der Waals surface area contributed by atoms with E-state index < -0.39 is 5.60 Å². The lowest BCUT2D eigenvalue weighted by molar-refractivity contribution is 0.00634. The highest BCUT2D eigenvalue weighted by molar-refractivity contribution is 5.09. The zero-order valence-electron chi connectivity index (χ0n) is 12.2. The topological polar surface area (TPSA) is 39.6 Å². The van der Waals surface area contributed by atoms with Crippen LogP contribution in [0.4, 0.5) is 0 Å². The third-order valence-electron chi connectivity index (χ3n) is 4.51. The van der Waals surface area contributed by atoms with Gasteiger partial charge in [0.1, 0.15) is 0 Å². The molecule has 0 bridgehead atoms. The van der Waals surface area contributed by atoms with Crippen LogP contribution in [0.25, 0.3) is 0 Å². The van der Waals surface area contributed by atoms with Crippen LogP contribution >= 0.6 is 0 Å². The van der Waals surface area contributed by atoms with E-state index in [2.05, 4.69) is 20.9 Å². The zero-order valence-corrected chi connectivity index (χ0v) is 12.2. The number of nitrogens with zero attached hydrogens (tertiary/aromatic N) is 3. The number of aliphatic hydroxyl groups is 1. The Morgan fingerprint density at radius 2 is 2.00 bits per heavy atom. The molecule has 0 aromatic carbocycles. The molecule has 2 saturated heterocycles. The van der Waals surface area contributed by atoms with Crippen molar-refractivity contribution in [1.29, 1.82) is 0 Å². The van der Waals surface area contributed by atoms with Crippen LogP contribution < -0.4 is 0 Å². The minimum atomic E-state index is -0.514. The smallest absolute Gasteiger partial charge is 0.0912 e. The van der Waals surface area contributed by atoms with Gasteiger partial charge in [0.15, 0.2) is 0 Å². The Bertz CT molecular complexity index is 419. The molecule has 3 rings (SSSR count). The van der Waals surface area contributed by atoms with Gasteiger partial charge in [-0.25, -0.2) is 0 Å². The monoisotopic (exact) mass is 275 g/mol. The number of likely N-dealkylation sites (tertiary alicyclic amines) is 2. The van der Waals surface area contributed by atoms with E-state index in [1.165, 1.54) is 24.8 Å². The van der Waals surface area contributed by atoms with E-state index in [-0.39, 0.29) is 0 Å². The third-order valence-corrected chi connectivity index (χ3v) is 4.51. The summed E-state index contributed by atoms with van der Waals surface area (Å²) >= 11 is 0. The van der Waals surface area contributed by atoms with Crippen LogP contribution in [0, 0.1) is 0 Å². The fourth-order valence-corrected chi connectivity index (χ4v) is 3.49. The third kappa shape index (κ3) is 3.57. The molecule has 0 spiro atoms. The Balaban J connectivity index is 1.52. The van der Waals surface area contributed by atoms with Gasteiger partial charge in [-0.15, -0.1) is 0 Å². The first-order valence-corrected chi connectivity index (χ1v) is 7.80. The number of piperidine rings is 1. The Hall–Kier alpha value is -0.970. The molecule has 4 nitrogen and oxygen atoms in total. The predicted octanol–water partition coefficient (Wildman–Crippen LogP) is 1.50. The molecule has 1 N–H and O–H groups in total. The van der Waals surface area contributed by atoms with Crippen molar-refractivity contribution in [1.82, 2.24) is 14.8 Å². The van der Waals surface area contributed by atoms with Crippen LogP contribution in [0.2, 0.25) is 0 Å². The molecular weight excluding hydrogens is 250 g/mol. The molecule has 2 fully saturated rings. The van der Waals surface area contributed by atoms with Crippen molar-refractivity contribution < 1.29 is 5.11 Å². The average molecular weight is 275 g/mol. The van der Waals surface area contributed by atoms with Gasteiger partial charge in [-0.3, -0.25) is 9.88 Å². The number of β-amino-alcohol motifs (C(OH)–C–C–N with tert-alkyl or cyclic N) is 1. The second-order valence-corrected chi connectivity index (χ2v) is 6.38. The minimum Gasteiger partial charge on any atom is -0.387 e. The summed E-state index contributed by atoms with van der Waals surface area (Å²) in [6, 6.07) is 4.08. The van der Waals surface area contributed by atoms with E-state index in [4.69, 9.17) is 0 Å². The van der Waals surface area contributed by atoms with Crippen molar-refractivity contribution in [3.63, 3.8) is 0 Å². The number of aromatic nitrogens is 1. The maximum atomic E-state index is 10.8. The molecule has 3 heterocycles. The molecule has 110 valence electrons. The zero-order chi connectivity index (χ0) is 13.8. The van der Waals surface area contributed by atoms with Crippen molar-refractivity contribution in [2.75, 3.05) is 32.7 Å². The van der Waals surface area contributed by atoms with E-state index >= 15 is 0 Å². The molecule has 0 saturated carbocycles. The molecule has 0 amide bonds. The first-order valence-electron chi connectivity index (χ1n) is 7.80. The highest BCUT2D eigenvalue weighted by Gasteiger charge is 2.37. The standard InChI is InChI=1S/C16H25N3O/c20-16(13-18-8-2-1-3-9-18)6-10-19(14-16)12-15-5-4-7-17-11-15/h4-5,7,11,20H,1-3,6,8-10,12-14H2/t16-/m0/s1. The fraction of sp³-hybridized carbons (Fsp3) is 0.688. The normalized spacial score (nSPS) is 28.9. The summed E-state index contributed by atoms with van der Waals surface area (Å²) in [5.41, 5.74) is 0.717. The van der Waals surface area contributed by atoms with Gasteiger partial charge in [-0.05, 0) is 44.0 Å². The Morgan fingerprint density at radius 1 is 1.15 bits per heavy atom. The van der Waals surface area contributed by atoms with E-state index in [0.717, 1.165) is 45.7 Å². The Morgan fingerprint density at radius 3 is 2.75 bits per heavy atom. The van der Waals surface area contributed by atoms with Gasteiger partial charge < -0.3 is 10.0 Å². The summed E-state index contributed by atoms with van der Waals surface area (Å²) in [7, 11) is 0. The fourth-order valence-electron chi connectivity index (χ4n) is 3.49. The van der Waals surface area contributed by atoms with E-state index in [0.29, 0.717) is 0 Å². The first-order chi connectivity index (χ1) is 9.73. The first kappa shape index (κ1) is 14.0. The average Bonchev–Trinajstić information content (AvgIpc) is 2.82. The largest absolute Gasteiger partial charge is 0.387 e. The van der Waals surface area contributed by atoms with Crippen molar-refractivity contribution in [2.45, 2.75) is 37.8 Å². The molecule has 20 heavy (non-hydrogen) atoms. The second kappa shape index (κ2) is 6.20. The van der Waals surface area contributed by atoms with Crippen molar-refractivity contribution in [3.05, 3.63) is 30.1 Å². The summed E-state index contributed by atoms with van der Waals surface area (Å²) in [6.07, 6.45) is 8.54. The molecule has 0 aliphatic carbocycles.